The first kappa shape index (κ1) is 24.0. The number of carbonyl (C=O) groups excluding carboxylic acids is 1. The van der Waals surface area contributed by atoms with Crippen LogP contribution in [0.1, 0.15) is 61.0 Å². The van der Waals surface area contributed by atoms with Crippen molar-refractivity contribution in [1.29, 1.82) is 0 Å². The molecular formula is C23H29F3N4O2. The van der Waals surface area contributed by atoms with Crippen molar-refractivity contribution in [2.75, 3.05) is 23.4 Å². The number of carbonyl (C=O) groups is 1. The molecule has 3 heterocycles. The zero-order valence-electron chi connectivity index (χ0n) is 18.2. The molecule has 0 unspecified atom stereocenters. The topological polar surface area (TPSA) is 78.3 Å². The number of hydrogen-bond donors (Lipinski definition) is 2. The molecule has 9 heteroatoms. The van der Waals surface area contributed by atoms with E-state index in [0.717, 1.165) is 68.1 Å². The lowest BCUT2D eigenvalue weighted by molar-refractivity contribution is -0.141. The lowest BCUT2D eigenvalue weighted by Crippen LogP contribution is -2.30. The van der Waals surface area contributed by atoms with Crippen molar-refractivity contribution in [3.05, 3.63) is 46.9 Å². The van der Waals surface area contributed by atoms with Crippen molar-refractivity contribution >= 4 is 17.4 Å². The van der Waals surface area contributed by atoms with Crippen LogP contribution in [0.15, 0.2) is 24.4 Å². The van der Waals surface area contributed by atoms with Gasteiger partial charge in [-0.15, -0.1) is 0 Å². The molecule has 1 aliphatic heterocycles. The van der Waals surface area contributed by atoms with Gasteiger partial charge in [0.2, 0.25) is 5.91 Å². The van der Waals surface area contributed by atoms with E-state index in [2.05, 4.69) is 20.2 Å². The first-order valence-electron chi connectivity index (χ1n) is 11.0. The van der Waals surface area contributed by atoms with E-state index in [-0.39, 0.29) is 12.5 Å². The SMILES string of the molecule is Cc1cc2c(nc1NC(=O)CCCCCCO)CCCN2Cc1ccc(C(F)(F)F)nc1. The maximum Gasteiger partial charge on any atom is 0.433 e. The number of fused-ring (bicyclic) bond motifs is 1. The van der Waals surface area contributed by atoms with Crippen molar-refractivity contribution in [2.24, 2.45) is 0 Å². The fourth-order valence-electron chi connectivity index (χ4n) is 3.80. The van der Waals surface area contributed by atoms with Crippen molar-refractivity contribution in [1.82, 2.24) is 9.97 Å². The Balaban J connectivity index is 1.65. The number of halogens is 3. The predicted octanol–water partition coefficient (Wildman–Crippen LogP) is 4.64. The van der Waals surface area contributed by atoms with E-state index < -0.39 is 11.9 Å². The van der Waals surface area contributed by atoms with Crippen LogP contribution in [0.4, 0.5) is 24.7 Å². The molecule has 1 amide bonds. The number of rotatable bonds is 9. The number of hydrogen-bond acceptors (Lipinski definition) is 5. The van der Waals surface area contributed by atoms with Gasteiger partial charge in [-0.05, 0) is 55.9 Å². The summed E-state index contributed by atoms with van der Waals surface area (Å²) in [5, 5.41) is 11.7. The normalized spacial score (nSPS) is 13.7. The van der Waals surface area contributed by atoms with E-state index >= 15 is 0 Å². The summed E-state index contributed by atoms with van der Waals surface area (Å²) < 4.78 is 38.2. The minimum atomic E-state index is -4.45. The third kappa shape index (κ3) is 6.41. The summed E-state index contributed by atoms with van der Waals surface area (Å²) >= 11 is 0. The van der Waals surface area contributed by atoms with Crippen LogP contribution in [0.25, 0.3) is 0 Å². The molecule has 0 atom stereocenters. The molecule has 0 radical (unpaired) electrons. The second-order valence-corrected chi connectivity index (χ2v) is 8.13. The Morgan fingerprint density at radius 1 is 1.22 bits per heavy atom. The highest BCUT2D eigenvalue weighted by Crippen LogP contribution is 2.31. The van der Waals surface area contributed by atoms with Gasteiger partial charge in [-0.1, -0.05) is 18.9 Å². The van der Waals surface area contributed by atoms with Gasteiger partial charge in [0.25, 0.3) is 0 Å². The molecule has 1 aliphatic rings. The van der Waals surface area contributed by atoms with Crippen LogP contribution in [0, 0.1) is 6.92 Å². The van der Waals surface area contributed by atoms with Gasteiger partial charge in [-0.3, -0.25) is 9.78 Å². The number of anilines is 2. The molecule has 6 nitrogen and oxygen atoms in total. The third-order valence-corrected chi connectivity index (χ3v) is 5.51. The van der Waals surface area contributed by atoms with Gasteiger partial charge in [0.05, 0.1) is 11.4 Å². The number of nitrogens with zero attached hydrogens (tertiary/aromatic N) is 3. The second kappa shape index (κ2) is 10.8. The molecule has 0 bridgehead atoms. The molecule has 32 heavy (non-hydrogen) atoms. The number of alkyl halides is 3. The molecule has 2 aromatic rings. The van der Waals surface area contributed by atoms with Crippen molar-refractivity contribution in [2.45, 2.75) is 64.6 Å². The molecule has 0 aromatic carbocycles. The van der Waals surface area contributed by atoms with Gasteiger partial charge in [0.15, 0.2) is 0 Å². The number of aliphatic hydroxyl groups excluding tert-OH is 1. The number of aromatic nitrogens is 2. The smallest absolute Gasteiger partial charge is 0.396 e. The lowest BCUT2D eigenvalue weighted by atomic mass is 10.0. The predicted molar refractivity (Wildman–Crippen MR) is 116 cm³/mol. The molecule has 0 spiro atoms. The van der Waals surface area contributed by atoms with Gasteiger partial charge in [0.1, 0.15) is 11.5 Å². The van der Waals surface area contributed by atoms with Gasteiger partial charge in [-0.2, -0.15) is 13.2 Å². The average Bonchev–Trinajstić information content (AvgIpc) is 2.74. The van der Waals surface area contributed by atoms with Crippen LogP contribution in [-0.2, 0) is 23.9 Å². The molecule has 0 aliphatic carbocycles. The summed E-state index contributed by atoms with van der Waals surface area (Å²) in [6.07, 6.45) is 2.22. The van der Waals surface area contributed by atoms with E-state index in [1.165, 1.54) is 12.3 Å². The standard InChI is InChI=1S/C23H29F3N4O2/c1-16-13-19-18(28-22(16)29-21(32)8-4-2-3-5-12-31)7-6-11-30(19)15-17-9-10-20(27-14-17)23(24,25)26/h9-10,13-14,31H,2-8,11-12,15H2,1H3,(H,28,29,32). The fraction of sp³-hybridized carbons (Fsp3) is 0.522. The van der Waals surface area contributed by atoms with Crippen molar-refractivity contribution in [3.63, 3.8) is 0 Å². The molecule has 174 valence electrons. The summed E-state index contributed by atoms with van der Waals surface area (Å²) in [5.74, 6) is 0.482. The Bertz CT molecular complexity index is 917. The first-order valence-corrected chi connectivity index (χ1v) is 11.0. The molecule has 3 rings (SSSR count). The minimum Gasteiger partial charge on any atom is -0.396 e. The van der Waals surface area contributed by atoms with E-state index in [0.29, 0.717) is 24.3 Å². The summed E-state index contributed by atoms with van der Waals surface area (Å²) in [7, 11) is 0. The molecule has 2 aromatic heterocycles. The number of unbranched alkanes of at least 4 members (excludes halogenated alkanes) is 3. The van der Waals surface area contributed by atoms with Crippen LogP contribution in [0.3, 0.4) is 0 Å². The maximum atomic E-state index is 12.7. The molecular weight excluding hydrogens is 421 g/mol. The van der Waals surface area contributed by atoms with E-state index in [1.54, 1.807) is 0 Å². The molecule has 0 fully saturated rings. The van der Waals surface area contributed by atoms with Crippen LogP contribution >= 0.6 is 0 Å². The number of pyridine rings is 2. The summed E-state index contributed by atoms with van der Waals surface area (Å²) in [4.78, 5) is 22.6. The second-order valence-electron chi connectivity index (χ2n) is 8.13. The Hall–Kier alpha value is -2.68. The highest BCUT2D eigenvalue weighted by atomic mass is 19.4. The van der Waals surface area contributed by atoms with Crippen LogP contribution in [-0.4, -0.2) is 34.1 Å². The van der Waals surface area contributed by atoms with Crippen LogP contribution in [0.2, 0.25) is 0 Å². The Morgan fingerprint density at radius 3 is 2.69 bits per heavy atom. The maximum absolute atomic E-state index is 12.7. The number of amides is 1. The number of aliphatic hydroxyl groups is 1. The highest BCUT2D eigenvalue weighted by Gasteiger charge is 2.32. The third-order valence-electron chi connectivity index (χ3n) is 5.51. The summed E-state index contributed by atoms with van der Waals surface area (Å²) in [6, 6.07) is 4.45. The summed E-state index contributed by atoms with van der Waals surface area (Å²) in [6.45, 7) is 3.28. The minimum absolute atomic E-state index is 0.0759. The van der Waals surface area contributed by atoms with Crippen LogP contribution < -0.4 is 10.2 Å². The van der Waals surface area contributed by atoms with E-state index in [9.17, 15) is 18.0 Å². The zero-order valence-corrected chi connectivity index (χ0v) is 18.2. The fourth-order valence-corrected chi connectivity index (χ4v) is 3.80. The summed E-state index contributed by atoms with van der Waals surface area (Å²) in [5.41, 5.74) is 2.46. The number of aryl methyl sites for hydroxylation is 2. The Labute approximate surface area is 185 Å². The van der Waals surface area contributed by atoms with Crippen LogP contribution in [0.5, 0.6) is 0 Å². The zero-order chi connectivity index (χ0) is 23.1. The Morgan fingerprint density at radius 2 is 2.00 bits per heavy atom. The van der Waals surface area contributed by atoms with Gasteiger partial charge < -0.3 is 15.3 Å². The lowest BCUT2D eigenvalue weighted by Gasteiger charge is -2.31. The van der Waals surface area contributed by atoms with Gasteiger partial charge in [0, 0.05) is 32.3 Å². The van der Waals surface area contributed by atoms with Gasteiger partial charge >= 0.3 is 6.18 Å². The molecule has 0 saturated heterocycles. The largest absolute Gasteiger partial charge is 0.433 e. The molecule has 0 saturated carbocycles. The van der Waals surface area contributed by atoms with Crippen molar-refractivity contribution < 1.29 is 23.1 Å². The van der Waals surface area contributed by atoms with E-state index in [4.69, 9.17) is 5.11 Å². The highest BCUT2D eigenvalue weighted by molar-refractivity contribution is 5.90. The Kier molecular flexibility index (Phi) is 8.06. The number of nitrogens with one attached hydrogen (secondary N) is 1. The monoisotopic (exact) mass is 450 g/mol. The van der Waals surface area contributed by atoms with E-state index in [1.807, 2.05) is 13.0 Å². The van der Waals surface area contributed by atoms with Crippen molar-refractivity contribution in [3.8, 4) is 0 Å². The average molecular weight is 451 g/mol. The molecule has 2 N–H and O–H groups in total. The quantitative estimate of drug-likeness (QED) is 0.545. The van der Waals surface area contributed by atoms with Gasteiger partial charge in [-0.25, -0.2) is 4.98 Å². The first-order chi connectivity index (χ1) is 15.3.